The summed E-state index contributed by atoms with van der Waals surface area (Å²) in [4.78, 5) is 36.5. The second-order valence-corrected chi connectivity index (χ2v) is 15.4. The number of aryl methyl sites for hydroxylation is 6. The minimum atomic E-state index is -0.176. The molecule has 8 heteroatoms. The van der Waals surface area contributed by atoms with Crippen molar-refractivity contribution in [1.82, 2.24) is 0 Å². The highest BCUT2D eigenvalue weighted by Gasteiger charge is 2.24. The van der Waals surface area contributed by atoms with Crippen LogP contribution in [0, 0.1) is 27.7 Å². The van der Waals surface area contributed by atoms with E-state index < -0.39 is 0 Å². The number of esters is 1. The summed E-state index contributed by atoms with van der Waals surface area (Å²) < 4.78 is 9.95. The standard InChI is InChI=1S/C23H27NO3.C21H25NO2.C4H8O/c1-4-27-23(26)9-8-17-6-5-7-18(12-17)22-14-20(25)13-19-10-15(2)16(3)11-21(19)24-22;1-14-9-18-12-19(24)13-21(22-20(18)10-15(14)2)17-7-3-5-16(11-17)6-4-8-23;1-2-4-5-3-1/h5-7,10-12,22,24H,4,8-9,13-14H2,1-3H3;3,5,7,9-11,21-23H,4,6,8,12-13H2,1-2H3;1-4H2. The molecular weight excluding hydrogens is 701 g/mol. The number of fused-ring (bicyclic) bond motifs is 2. The van der Waals surface area contributed by atoms with Crippen molar-refractivity contribution in [2.45, 2.75) is 111 Å². The van der Waals surface area contributed by atoms with Crippen LogP contribution in [0.5, 0.6) is 0 Å². The van der Waals surface area contributed by atoms with Crippen molar-refractivity contribution in [3.63, 3.8) is 0 Å². The van der Waals surface area contributed by atoms with E-state index in [0.29, 0.717) is 45.1 Å². The number of aliphatic hydroxyl groups is 1. The van der Waals surface area contributed by atoms with Gasteiger partial charge in [0, 0.05) is 63.3 Å². The van der Waals surface area contributed by atoms with Gasteiger partial charge >= 0.3 is 5.97 Å². The van der Waals surface area contributed by atoms with Crippen molar-refractivity contribution < 1.29 is 29.0 Å². The van der Waals surface area contributed by atoms with E-state index in [1.54, 1.807) is 0 Å². The van der Waals surface area contributed by atoms with Crippen LogP contribution in [0.4, 0.5) is 11.4 Å². The van der Waals surface area contributed by atoms with Gasteiger partial charge in [-0.25, -0.2) is 0 Å². The fourth-order valence-corrected chi connectivity index (χ4v) is 7.42. The minimum absolute atomic E-state index is 0.00920. The fraction of sp³-hybridized carbons (Fsp3) is 0.438. The lowest BCUT2D eigenvalue weighted by Crippen LogP contribution is -2.13. The van der Waals surface area contributed by atoms with E-state index in [-0.39, 0.29) is 36.2 Å². The van der Waals surface area contributed by atoms with Crippen LogP contribution < -0.4 is 10.6 Å². The Morgan fingerprint density at radius 1 is 0.714 bits per heavy atom. The second kappa shape index (κ2) is 20.9. The average molecular weight is 761 g/mol. The first kappa shape index (κ1) is 42.4. The summed E-state index contributed by atoms with van der Waals surface area (Å²) in [7, 11) is 0. The summed E-state index contributed by atoms with van der Waals surface area (Å²) in [6, 6.07) is 25.0. The van der Waals surface area contributed by atoms with E-state index in [0.717, 1.165) is 65.2 Å². The number of anilines is 2. The molecule has 0 saturated carbocycles. The van der Waals surface area contributed by atoms with Crippen molar-refractivity contribution in [1.29, 1.82) is 0 Å². The predicted octanol–water partition coefficient (Wildman–Crippen LogP) is 9.16. The Labute approximate surface area is 333 Å². The lowest BCUT2D eigenvalue weighted by atomic mass is 9.97. The summed E-state index contributed by atoms with van der Waals surface area (Å²) in [5.74, 6) is 0.340. The van der Waals surface area contributed by atoms with E-state index >= 15 is 0 Å². The molecule has 3 heterocycles. The van der Waals surface area contributed by atoms with E-state index in [2.05, 4.69) is 86.9 Å². The monoisotopic (exact) mass is 760 g/mol. The molecule has 8 nitrogen and oxygen atoms in total. The first-order valence-corrected chi connectivity index (χ1v) is 20.3. The zero-order valence-corrected chi connectivity index (χ0v) is 34.0. The van der Waals surface area contributed by atoms with E-state index in [1.807, 2.05) is 31.2 Å². The van der Waals surface area contributed by atoms with Gasteiger partial charge in [0.1, 0.15) is 11.6 Å². The van der Waals surface area contributed by atoms with Gasteiger partial charge in [0.15, 0.2) is 0 Å². The maximum Gasteiger partial charge on any atom is 0.306 e. The predicted molar refractivity (Wildman–Crippen MR) is 225 cm³/mol. The van der Waals surface area contributed by atoms with Crippen LogP contribution >= 0.6 is 0 Å². The molecule has 298 valence electrons. The molecule has 1 saturated heterocycles. The molecule has 0 aromatic heterocycles. The molecule has 7 rings (SSSR count). The third-order valence-corrected chi connectivity index (χ3v) is 10.8. The van der Waals surface area contributed by atoms with E-state index in [4.69, 9.17) is 14.6 Å². The van der Waals surface area contributed by atoms with Crippen LogP contribution in [0.15, 0.2) is 72.8 Å². The van der Waals surface area contributed by atoms with Crippen molar-refractivity contribution in [2.24, 2.45) is 0 Å². The van der Waals surface area contributed by atoms with Crippen molar-refractivity contribution in [3.05, 3.63) is 128 Å². The summed E-state index contributed by atoms with van der Waals surface area (Å²) >= 11 is 0. The molecule has 2 unspecified atom stereocenters. The van der Waals surface area contributed by atoms with Gasteiger partial charge in [0.2, 0.25) is 0 Å². The van der Waals surface area contributed by atoms with Crippen LogP contribution in [-0.4, -0.2) is 49.1 Å². The highest BCUT2D eigenvalue weighted by Crippen LogP contribution is 2.34. The number of hydrogen-bond acceptors (Lipinski definition) is 8. The zero-order valence-electron chi connectivity index (χ0n) is 34.0. The molecule has 0 amide bonds. The lowest BCUT2D eigenvalue weighted by molar-refractivity contribution is -0.143. The molecule has 3 N–H and O–H groups in total. The number of rotatable bonds is 9. The molecule has 0 spiro atoms. The Kier molecular flexibility index (Phi) is 15.8. The van der Waals surface area contributed by atoms with Gasteiger partial charge in [0.05, 0.1) is 18.7 Å². The quantitative estimate of drug-likeness (QED) is 0.145. The summed E-state index contributed by atoms with van der Waals surface area (Å²) in [6.45, 7) is 12.8. The summed E-state index contributed by atoms with van der Waals surface area (Å²) in [6.07, 6.45) is 7.15. The lowest BCUT2D eigenvalue weighted by Gasteiger charge is -2.20. The SMILES string of the molecule is C1CCOC1.CCOC(=O)CCc1cccc(C2CC(=O)Cc3cc(C)c(C)cc3N2)c1.Cc1cc2c(cc1C)NC(c1cccc(CCCO)c1)CC(=O)C2. The Balaban J connectivity index is 0.000000191. The number of ether oxygens (including phenoxy) is 2. The number of Topliss-reactive ketones (excluding diaryl/α,β-unsaturated/α-hetero) is 2. The largest absolute Gasteiger partial charge is 0.466 e. The fourth-order valence-electron chi connectivity index (χ4n) is 7.42. The van der Waals surface area contributed by atoms with Gasteiger partial charge in [-0.15, -0.1) is 0 Å². The minimum Gasteiger partial charge on any atom is -0.466 e. The maximum atomic E-state index is 12.5. The van der Waals surface area contributed by atoms with Gasteiger partial charge < -0.3 is 25.2 Å². The van der Waals surface area contributed by atoms with Gasteiger partial charge in [0.25, 0.3) is 0 Å². The average Bonchev–Trinajstić information content (AvgIpc) is 3.68. The highest BCUT2D eigenvalue weighted by molar-refractivity contribution is 5.86. The molecule has 4 aromatic carbocycles. The molecule has 0 radical (unpaired) electrons. The number of nitrogens with one attached hydrogen (secondary N) is 2. The highest BCUT2D eigenvalue weighted by atomic mass is 16.5. The van der Waals surface area contributed by atoms with E-state index in [1.165, 1.54) is 40.7 Å². The molecule has 0 bridgehead atoms. The number of hydrogen-bond donors (Lipinski definition) is 3. The Morgan fingerprint density at radius 2 is 1.20 bits per heavy atom. The molecule has 4 aromatic rings. The maximum absolute atomic E-state index is 12.5. The third kappa shape index (κ3) is 12.4. The second-order valence-electron chi connectivity index (χ2n) is 15.4. The molecule has 3 aliphatic heterocycles. The molecule has 0 aliphatic carbocycles. The van der Waals surface area contributed by atoms with Gasteiger partial charge in [-0.05, 0) is 134 Å². The van der Waals surface area contributed by atoms with Crippen LogP contribution in [0.2, 0.25) is 0 Å². The van der Waals surface area contributed by atoms with Gasteiger partial charge in [-0.2, -0.15) is 0 Å². The smallest absolute Gasteiger partial charge is 0.306 e. The van der Waals surface area contributed by atoms with Crippen molar-refractivity contribution in [2.75, 3.05) is 37.1 Å². The van der Waals surface area contributed by atoms with Crippen LogP contribution in [0.3, 0.4) is 0 Å². The van der Waals surface area contributed by atoms with Crippen molar-refractivity contribution >= 4 is 28.9 Å². The summed E-state index contributed by atoms with van der Waals surface area (Å²) in [5.41, 5.74) is 13.7. The normalized spacial score (nSPS) is 17.3. The Hall–Kier alpha value is -4.79. The van der Waals surface area contributed by atoms with Crippen LogP contribution in [-0.2, 0) is 49.5 Å². The number of carbonyl (C=O) groups excluding carboxylic acids is 3. The van der Waals surface area contributed by atoms with Crippen molar-refractivity contribution in [3.8, 4) is 0 Å². The third-order valence-electron chi connectivity index (χ3n) is 10.8. The van der Waals surface area contributed by atoms with Gasteiger partial charge in [-0.3, -0.25) is 14.4 Å². The molecule has 2 atom stereocenters. The topological polar surface area (TPSA) is 114 Å². The Bertz CT molecular complexity index is 1960. The van der Waals surface area contributed by atoms with Gasteiger partial charge in [-0.1, -0.05) is 60.7 Å². The molecule has 56 heavy (non-hydrogen) atoms. The first-order chi connectivity index (χ1) is 27.0. The number of aliphatic hydroxyl groups excluding tert-OH is 1. The first-order valence-electron chi connectivity index (χ1n) is 20.3. The molecular formula is C48H60N2O6. The van der Waals surface area contributed by atoms with E-state index in [9.17, 15) is 14.4 Å². The number of benzene rings is 4. The zero-order chi connectivity index (χ0) is 40.0. The van der Waals surface area contributed by atoms with Crippen LogP contribution in [0.1, 0.15) is 113 Å². The number of ketones is 2. The molecule has 1 fully saturated rings. The van der Waals surface area contributed by atoms with Crippen LogP contribution in [0.25, 0.3) is 0 Å². The number of carbonyl (C=O) groups is 3. The summed E-state index contributed by atoms with van der Waals surface area (Å²) in [5, 5.41) is 16.2. The molecule has 3 aliphatic rings. The Morgan fingerprint density at radius 3 is 1.64 bits per heavy atom.